The monoisotopic (exact) mass is 365 g/mol. The predicted octanol–water partition coefficient (Wildman–Crippen LogP) is 1.76. The first-order valence-corrected chi connectivity index (χ1v) is 9.13. The van der Waals surface area contributed by atoms with Gasteiger partial charge in [-0.25, -0.2) is 0 Å². The van der Waals surface area contributed by atoms with Gasteiger partial charge in [0.1, 0.15) is 0 Å². The lowest BCUT2D eigenvalue weighted by Crippen LogP contribution is -3.00. The summed E-state index contributed by atoms with van der Waals surface area (Å²) in [6.45, 7) is 8.65. The molecule has 0 amide bonds. The highest BCUT2D eigenvalue weighted by Crippen LogP contribution is 2.13. The zero-order valence-electron chi connectivity index (χ0n) is 14.9. The van der Waals surface area contributed by atoms with Crippen molar-refractivity contribution in [2.45, 2.75) is 84.5 Å². The molecule has 0 aliphatic heterocycles. The fourth-order valence-corrected chi connectivity index (χ4v) is 2.98. The minimum Gasteiger partial charge on any atom is -1.00 e. The molecule has 1 unspecified atom stereocenters. The standard InChI is InChI=1S/C18H40NO.BrH/c1-4-6-8-10-11-13-16-19(3,17-14-18-20)15-12-9-7-5-2;/h20H,4-18H2,1-3H3;1H/q+1;/p-1. The summed E-state index contributed by atoms with van der Waals surface area (Å²) in [6.07, 6.45) is 14.7. The quantitative estimate of drug-likeness (QED) is 0.346. The van der Waals surface area contributed by atoms with E-state index in [4.69, 9.17) is 5.11 Å². The van der Waals surface area contributed by atoms with Crippen LogP contribution in [0.5, 0.6) is 0 Å². The maximum absolute atomic E-state index is 9.10. The second-order valence-electron chi connectivity index (χ2n) is 6.70. The van der Waals surface area contributed by atoms with Gasteiger partial charge in [-0.3, -0.25) is 0 Å². The van der Waals surface area contributed by atoms with Crippen LogP contribution < -0.4 is 17.0 Å². The summed E-state index contributed by atoms with van der Waals surface area (Å²) in [5, 5.41) is 9.10. The number of rotatable bonds is 15. The molecule has 0 aromatic carbocycles. The van der Waals surface area contributed by atoms with Crippen LogP contribution >= 0.6 is 0 Å². The van der Waals surface area contributed by atoms with Crippen molar-refractivity contribution in [1.29, 1.82) is 0 Å². The van der Waals surface area contributed by atoms with Crippen molar-refractivity contribution in [2.24, 2.45) is 0 Å². The summed E-state index contributed by atoms with van der Waals surface area (Å²) in [7, 11) is 2.40. The van der Waals surface area contributed by atoms with Crippen molar-refractivity contribution in [1.82, 2.24) is 0 Å². The van der Waals surface area contributed by atoms with Gasteiger partial charge in [0.15, 0.2) is 0 Å². The minimum atomic E-state index is 0. The largest absolute Gasteiger partial charge is 1.00 e. The van der Waals surface area contributed by atoms with E-state index in [9.17, 15) is 0 Å². The number of aliphatic hydroxyl groups is 1. The Morgan fingerprint density at radius 3 is 1.48 bits per heavy atom. The molecule has 130 valence electrons. The van der Waals surface area contributed by atoms with Crippen LogP contribution in [0.2, 0.25) is 0 Å². The predicted molar refractivity (Wildman–Crippen MR) is 90.0 cm³/mol. The molecule has 0 heterocycles. The molecule has 0 bridgehead atoms. The third-order valence-electron chi connectivity index (χ3n) is 4.46. The highest BCUT2D eigenvalue weighted by molar-refractivity contribution is 4.48. The van der Waals surface area contributed by atoms with E-state index in [1.807, 2.05) is 0 Å². The number of aliphatic hydroxyl groups excluding tert-OH is 1. The van der Waals surface area contributed by atoms with Crippen molar-refractivity contribution < 1.29 is 26.6 Å². The number of hydrogen-bond donors (Lipinski definition) is 1. The van der Waals surface area contributed by atoms with Crippen molar-refractivity contribution in [3.63, 3.8) is 0 Å². The van der Waals surface area contributed by atoms with Gasteiger partial charge in [0, 0.05) is 13.0 Å². The number of nitrogens with zero attached hydrogens (tertiary/aromatic N) is 1. The summed E-state index contributed by atoms with van der Waals surface area (Å²) >= 11 is 0. The molecule has 0 aromatic rings. The topological polar surface area (TPSA) is 20.2 Å². The van der Waals surface area contributed by atoms with Gasteiger partial charge in [-0.15, -0.1) is 0 Å². The summed E-state index contributed by atoms with van der Waals surface area (Å²) in [5.41, 5.74) is 0. The zero-order chi connectivity index (χ0) is 15.1. The van der Waals surface area contributed by atoms with Crippen LogP contribution in [0.25, 0.3) is 0 Å². The van der Waals surface area contributed by atoms with Gasteiger partial charge in [0.05, 0.1) is 26.7 Å². The van der Waals surface area contributed by atoms with E-state index in [0.717, 1.165) is 13.0 Å². The molecule has 1 N–H and O–H groups in total. The van der Waals surface area contributed by atoms with Gasteiger partial charge in [0.2, 0.25) is 0 Å². The average molecular weight is 366 g/mol. The molecule has 0 saturated carbocycles. The number of hydrogen-bond acceptors (Lipinski definition) is 1. The van der Waals surface area contributed by atoms with E-state index < -0.39 is 0 Å². The Morgan fingerprint density at radius 2 is 1.00 bits per heavy atom. The molecule has 0 fully saturated rings. The fourth-order valence-electron chi connectivity index (χ4n) is 2.98. The van der Waals surface area contributed by atoms with Gasteiger partial charge < -0.3 is 26.6 Å². The van der Waals surface area contributed by atoms with Gasteiger partial charge in [-0.2, -0.15) is 0 Å². The summed E-state index contributed by atoms with van der Waals surface area (Å²) in [4.78, 5) is 0. The highest BCUT2D eigenvalue weighted by Gasteiger charge is 2.19. The highest BCUT2D eigenvalue weighted by atomic mass is 79.9. The summed E-state index contributed by atoms with van der Waals surface area (Å²) in [5.74, 6) is 0. The molecule has 0 aliphatic carbocycles. The molecular weight excluding hydrogens is 326 g/mol. The van der Waals surface area contributed by atoms with Crippen LogP contribution in [0.15, 0.2) is 0 Å². The number of quaternary nitrogens is 1. The van der Waals surface area contributed by atoms with Gasteiger partial charge >= 0.3 is 0 Å². The molecule has 0 spiro atoms. The van der Waals surface area contributed by atoms with E-state index in [0.29, 0.717) is 6.61 Å². The van der Waals surface area contributed by atoms with E-state index in [-0.39, 0.29) is 17.0 Å². The Kier molecular flexibility index (Phi) is 18.9. The SMILES string of the molecule is CCCCCCCC[N+](C)(CCCO)CCCCCC.[Br-]. The van der Waals surface area contributed by atoms with Gasteiger partial charge in [-0.05, 0) is 25.7 Å². The van der Waals surface area contributed by atoms with E-state index in [1.54, 1.807) is 0 Å². The first-order valence-electron chi connectivity index (χ1n) is 9.13. The van der Waals surface area contributed by atoms with Crippen LogP contribution in [0, 0.1) is 0 Å². The summed E-state index contributed by atoms with van der Waals surface area (Å²) < 4.78 is 1.18. The van der Waals surface area contributed by atoms with Crippen molar-refractivity contribution >= 4 is 0 Å². The third kappa shape index (κ3) is 15.1. The van der Waals surface area contributed by atoms with Crippen LogP contribution in [0.3, 0.4) is 0 Å². The normalized spacial score (nSPS) is 13.7. The molecule has 3 heteroatoms. The Morgan fingerprint density at radius 1 is 0.619 bits per heavy atom. The van der Waals surface area contributed by atoms with Gasteiger partial charge in [-0.1, -0.05) is 52.4 Å². The van der Waals surface area contributed by atoms with Crippen molar-refractivity contribution in [3.8, 4) is 0 Å². The number of unbranched alkanes of at least 4 members (excludes halogenated alkanes) is 8. The average Bonchev–Trinajstić information content (AvgIpc) is 2.45. The van der Waals surface area contributed by atoms with E-state index in [1.165, 1.54) is 81.8 Å². The zero-order valence-corrected chi connectivity index (χ0v) is 16.5. The Hall–Kier alpha value is 0.400. The second-order valence-corrected chi connectivity index (χ2v) is 6.70. The number of halogens is 1. The first-order chi connectivity index (χ1) is 9.68. The molecule has 1 atom stereocenters. The first kappa shape index (κ1) is 23.7. The molecule has 21 heavy (non-hydrogen) atoms. The molecular formula is C18H40BrNO. The smallest absolute Gasteiger partial charge is 0.0806 e. The molecule has 2 nitrogen and oxygen atoms in total. The third-order valence-corrected chi connectivity index (χ3v) is 4.46. The molecule has 0 rings (SSSR count). The Balaban J connectivity index is 0. The Bertz CT molecular complexity index is 202. The van der Waals surface area contributed by atoms with Crippen molar-refractivity contribution in [2.75, 3.05) is 33.3 Å². The van der Waals surface area contributed by atoms with Crippen molar-refractivity contribution in [3.05, 3.63) is 0 Å². The van der Waals surface area contributed by atoms with E-state index in [2.05, 4.69) is 20.9 Å². The van der Waals surface area contributed by atoms with Gasteiger partial charge in [0.25, 0.3) is 0 Å². The van der Waals surface area contributed by atoms with Crippen LogP contribution in [0.4, 0.5) is 0 Å². The molecule has 0 aliphatic rings. The van der Waals surface area contributed by atoms with Crippen LogP contribution in [-0.2, 0) is 0 Å². The molecule has 0 saturated heterocycles. The maximum Gasteiger partial charge on any atom is 0.0806 e. The molecule has 0 aromatic heterocycles. The maximum atomic E-state index is 9.10. The van der Waals surface area contributed by atoms with E-state index >= 15 is 0 Å². The van der Waals surface area contributed by atoms with Crippen LogP contribution in [-0.4, -0.2) is 42.9 Å². The Labute approximate surface area is 144 Å². The fraction of sp³-hybridized carbons (Fsp3) is 1.00. The van der Waals surface area contributed by atoms with Crippen LogP contribution in [0.1, 0.15) is 84.5 Å². The lowest BCUT2D eigenvalue weighted by atomic mass is 10.1. The lowest BCUT2D eigenvalue weighted by molar-refractivity contribution is -0.910. The second kappa shape index (κ2) is 16.8. The molecule has 0 radical (unpaired) electrons. The lowest BCUT2D eigenvalue weighted by Gasteiger charge is -2.35. The summed E-state index contributed by atoms with van der Waals surface area (Å²) in [6, 6.07) is 0. The minimum absolute atomic E-state index is 0.